The van der Waals surface area contributed by atoms with E-state index in [1.807, 2.05) is 0 Å². The maximum absolute atomic E-state index is 5.89. The zero-order chi connectivity index (χ0) is 10.7. The molecule has 1 saturated heterocycles. The largest absolute Gasteiger partial charge is 0.329 e. The number of nitrogens with two attached hydrogens (primary N) is 1. The molecule has 1 aliphatic heterocycles. The lowest BCUT2D eigenvalue weighted by atomic mass is 10.1. The molecule has 2 rings (SSSR count). The summed E-state index contributed by atoms with van der Waals surface area (Å²) in [5, 5.41) is 0. The highest BCUT2D eigenvalue weighted by Gasteiger charge is 2.25. The second-order valence-electron chi connectivity index (χ2n) is 4.55. The Morgan fingerprint density at radius 3 is 2.67 bits per heavy atom. The molecule has 0 bridgehead atoms. The van der Waals surface area contributed by atoms with E-state index in [9.17, 15) is 0 Å². The molecule has 1 fully saturated rings. The third-order valence-electron chi connectivity index (χ3n) is 3.30. The van der Waals surface area contributed by atoms with Gasteiger partial charge in [-0.1, -0.05) is 37.3 Å². The minimum Gasteiger partial charge on any atom is -0.329 e. The molecular weight excluding hydrogens is 184 g/mol. The fraction of sp³-hybridized carbons (Fsp3) is 0.538. The third kappa shape index (κ3) is 2.39. The van der Waals surface area contributed by atoms with Crippen LogP contribution in [-0.4, -0.2) is 24.5 Å². The quantitative estimate of drug-likeness (QED) is 0.816. The molecule has 0 saturated carbocycles. The van der Waals surface area contributed by atoms with Crippen LogP contribution in [0.5, 0.6) is 0 Å². The van der Waals surface area contributed by atoms with Crippen LogP contribution in [0.2, 0.25) is 0 Å². The van der Waals surface area contributed by atoms with Crippen molar-refractivity contribution in [2.75, 3.05) is 19.6 Å². The summed E-state index contributed by atoms with van der Waals surface area (Å²) >= 11 is 0. The number of nitrogens with zero attached hydrogens (tertiary/aromatic N) is 1. The molecule has 0 amide bonds. The Labute approximate surface area is 92.1 Å². The van der Waals surface area contributed by atoms with Gasteiger partial charge in [-0.15, -0.1) is 0 Å². The molecule has 1 heterocycles. The summed E-state index contributed by atoms with van der Waals surface area (Å²) in [7, 11) is 0. The van der Waals surface area contributed by atoms with Crippen molar-refractivity contribution in [2.24, 2.45) is 11.7 Å². The predicted octanol–water partition coefficient (Wildman–Crippen LogP) is 2.03. The van der Waals surface area contributed by atoms with E-state index in [0.717, 1.165) is 12.5 Å². The van der Waals surface area contributed by atoms with Gasteiger partial charge in [0.1, 0.15) is 0 Å². The van der Waals surface area contributed by atoms with Crippen molar-refractivity contribution in [3.63, 3.8) is 0 Å². The number of rotatable bonds is 3. The van der Waals surface area contributed by atoms with Gasteiger partial charge in [0.05, 0.1) is 0 Å². The monoisotopic (exact) mass is 204 g/mol. The van der Waals surface area contributed by atoms with Crippen molar-refractivity contribution < 1.29 is 0 Å². The van der Waals surface area contributed by atoms with Crippen molar-refractivity contribution in [2.45, 2.75) is 19.4 Å². The predicted molar refractivity (Wildman–Crippen MR) is 63.6 cm³/mol. The van der Waals surface area contributed by atoms with E-state index in [0.29, 0.717) is 6.04 Å². The minimum absolute atomic E-state index is 0.413. The van der Waals surface area contributed by atoms with E-state index in [1.165, 1.54) is 25.1 Å². The molecule has 2 unspecified atom stereocenters. The highest BCUT2D eigenvalue weighted by molar-refractivity contribution is 5.19. The highest BCUT2D eigenvalue weighted by atomic mass is 15.2. The Kier molecular flexibility index (Phi) is 3.39. The number of benzene rings is 1. The van der Waals surface area contributed by atoms with E-state index in [4.69, 9.17) is 5.73 Å². The zero-order valence-corrected chi connectivity index (χ0v) is 9.39. The smallest absolute Gasteiger partial charge is 0.0470 e. The second-order valence-corrected chi connectivity index (χ2v) is 4.55. The van der Waals surface area contributed by atoms with Gasteiger partial charge in [0.15, 0.2) is 0 Å². The molecule has 2 atom stereocenters. The van der Waals surface area contributed by atoms with Gasteiger partial charge in [-0.25, -0.2) is 0 Å². The summed E-state index contributed by atoms with van der Waals surface area (Å²) in [6.07, 6.45) is 1.31. The molecule has 0 aromatic heterocycles. The molecule has 0 spiro atoms. The highest BCUT2D eigenvalue weighted by Crippen LogP contribution is 2.26. The van der Waals surface area contributed by atoms with E-state index < -0.39 is 0 Å². The van der Waals surface area contributed by atoms with Crippen molar-refractivity contribution in [3.05, 3.63) is 35.9 Å². The first-order chi connectivity index (χ1) is 7.31. The third-order valence-corrected chi connectivity index (χ3v) is 3.30. The molecule has 2 N–H and O–H groups in total. The lowest BCUT2D eigenvalue weighted by Crippen LogP contribution is -2.31. The van der Waals surface area contributed by atoms with Gasteiger partial charge in [0.2, 0.25) is 0 Å². The van der Waals surface area contributed by atoms with Gasteiger partial charge in [-0.05, 0) is 24.4 Å². The number of hydrogen-bond acceptors (Lipinski definition) is 2. The van der Waals surface area contributed by atoms with Crippen LogP contribution in [0.15, 0.2) is 30.3 Å². The van der Waals surface area contributed by atoms with Crippen LogP contribution in [0.25, 0.3) is 0 Å². The first-order valence-corrected chi connectivity index (χ1v) is 5.80. The number of likely N-dealkylation sites (tertiary alicyclic amines) is 1. The second kappa shape index (κ2) is 4.77. The van der Waals surface area contributed by atoms with E-state index in [-0.39, 0.29) is 0 Å². The molecule has 2 nitrogen and oxygen atoms in total. The average molecular weight is 204 g/mol. The van der Waals surface area contributed by atoms with Crippen molar-refractivity contribution in [3.8, 4) is 0 Å². The van der Waals surface area contributed by atoms with Crippen molar-refractivity contribution in [1.29, 1.82) is 0 Å². The van der Waals surface area contributed by atoms with Gasteiger partial charge >= 0.3 is 0 Å². The van der Waals surface area contributed by atoms with Crippen molar-refractivity contribution >= 4 is 0 Å². The van der Waals surface area contributed by atoms with Gasteiger partial charge in [0.25, 0.3) is 0 Å². The number of hydrogen-bond donors (Lipinski definition) is 1. The zero-order valence-electron chi connectivity index (χ0n) is 9.39. The van der Waals surface area contributed by atoms with Gasteiger partial charge in [-0.3, -0.25) is 4.90 Å². The summed E-state index contributed by atoms with van der Waals surface area (Å²) in [5.74, 6) is 0.822. The Morgan fingerprint density at radius 2 is 2.13 bits per heavy atom. The molecule has 82 valence electrons. The summed E-state index contributed by atoms with van der Waals surface area (Å²) in [6.45, 7) is 5.42. The van der Waals surface area contributed by atoms with E-state index >= 15 is 0 Å². The maximum Gasteiger partial charge on any atom is 0.0470 e. The molecule has 0 aliphatic carbocycles. The van der Waals surface area contributed by atoms with E-state index in [1.54, 1.807) is 0 Å². The lowest BCUT2D eigenvalue weighted by molar-refractivity contribution is 0.244. The van der Waals surface area contributed by atoms with E-state index in [2.05, 4.69) is 42.2 Å². The molecule has 2 heteroatoms. The van der Waals surface area contributed by atoms with Gasteiger partial charge < -0.3 is 5.73 Å². The van der Waals surface area contributed by atoms with Crippen LogP contribution in [0.4, 0.5) is 0 Å². The summed E-state index contributed by atoms with van der Waals surface area (Å²) < 4.78 is 0. The topological polar surface area (TPSA) is 29.3 Å². The standard InChI is InChI=1S/C13H20N2/c1-11-7-8-15(10-11)13(9-14)12-5-3-2-4-6-12/h2-6,11,13H,7-10,14H2,1H3. The van der Waals surface area contributed by atoms with Gasteiger partial charge in [-0.2, -0.15) is 0 Å². The first kappa shape index (κ1) is 10.7. The Balaban J connectivity index is 2.11. The molecule has 0 radical (unpaired) electrons. The van der Waals surface area contributed by atoms with Crippen molar-refractivity contribution in [1.82, 2.24) is 4.90 Å². The normalized spacial score (nSPS) is 24.3. The molecule has 1 aromatic carbocycles. The van der Waals surface area contributed by atoms with Crippen LogP contribution in [0.3, 0.4) is 0 Å². The summed E-state index contributed by atoms with van der Waals surface area (Å²) in [5.41, 5.74) is 7.24. The fourth-order valence-corrected chi connectivity index (χ4v) is 2.42. The average Bonchev–Trinajstić information content (AvgIpc) is 2.68. The SMILES string of the molecule is CC1CCN(C(CN)c2ccccc2)C1. The van der Waals surface area contributed by atoms with Gasteiger partial charge in [0, 0.05) is 19.1 Å². The van der Waals surface area contributed by atoms with Crippen LogP contribution in [0.1, 0.15) is 24.9 Å². The molecule has 1 aromatic rings. The van der Waals surface area contributed by atoms with Crippen LogP contribution in [0, 0.1) is 5.92 Å². The Morgan fingerprint density at radius 1 is 1.40 bits per heavy atom. The minimum atomic E-state index is 0.413. The lowest BCUT2D eigenvalue weighted by Gasteiger charge is -2.26. The fourth-order valence-electron chi connectivity index (χ4n) is 2.42. The molecular formula is C13H20N2. The maximum atomic E-state index is 5.89. The summed E-state index contributed by atoms with van der Waals surface area (Å²) in [6, 6.07) is 11.0. The van der Waals surface area contributed by atoms with Crippen LogP contribution >= 0.6 is 0 Å². The first-order valence-electron chi connectivity index (χ1n) is 5.80. The Bertz CT molecular complexity index is 297. The van der Waals surface area contributed by atoms with Crippen LogP contribution < -0.4 is 5.73 Å². The Hall–Kier alpha value is -0.860. The molecule has 15 heavy (non-hydrogen) atoms. The summed E-state index contributed by atoms with van der Waals surface area (Å²) in [4.78, 5) is 2.51. The van der Waals surface area contributed by atoms with Crippen LogP contribution in [-0.2, 0) is 0 Å². The molecule has 1 aliphatic rings.